The normalized spacial score (nSPS) is 26.2. The molecule has 0 unspecified atom stereocenters. The van der Waals surface area contributed by atoms with Gasteiger partial charge in [0.25, 0.3) is 5.69 Å². The van der Waals surface area contributed by atoms with Crippen LogP contribution in [-0.2, 0) is 20.9 Å². The van der Waals surface area contributed by atoms with Crippen molar-refractivity contribution in [2.45, 2.75) is 30.5 Å². The summed E-state index contributed by atoms with van der Waals surface area (Å²) < 4.78 is 5.25. The number of amides is 1. The molecule has 0 saturated carbocycles. The lowest BCUT2D eigenvalue weighted by Crippen LogP contribution is -2.45. The van der Waals surface area contributed by atoms with Gasteiger partial charge >= 0.3 is 5.97 Å². The molecule has 2 heterocycles. The first-order valence-electron chi connectivity index (χ1n) is 7.06. The molecule has 0 aromatic heterocycles. The number of non-ortho nitro benzene ring substituents is 1. The Morgan fingerprint density at radius 2 is 2.13 bits per heavy atom. The van der Waals surface area contributed by atoms with Gasteiger partial charge in [0.05, 0.1) is 16.3 Å². The first-order chi connectivity index (χ1) is 11.0. The van der Waals surface area contributed by atoms with Crippen molar-refractivity contribution in [3.8, 4) is 0 Å². The molecule has 2 fully saturated rings. The molecule has 0 spiro atoms. The fourth-order valence-corrected chi connectivity index (χ4v) is 4.15. The second-order valence-corrected chi connectivity index (χ2v) is 6.63. The predicted molar refractivity (Wildman–Crippen MR) is 82.4 cm³/mol. The number of carbonyl (C=O) groups excluding carboxylic acids is 2. The van der Waals surface area contributed by atoms with Gasteiger partial charge in [-0.25, -0.2) is 4.79 Å². The summed E-state index contributed by atoms with van der Waals surface area (Å²) in [5, 5.41) is 10.5. The highest BCUT2D eigenvalue weighted by atomic mass is 32.2. The number of nitrogens with zero attached hydrogens (tertiary/aromatic N) is 2. The van der Waals surface area contributed by atoms with Gasteiger partial charge in [-0.3, -0.25) is 14.9 Å². The van der Waals surface area contributed by atoms with E-state index in [1.54, 1.807) is 0 Å². The van der Waals surface area contributed by atoms with E-state index in [-0.39, 0.29) is 23.6 Å². The molecule has 8 nitrogen and oxygen atoms in total. The number of carbonyl (C=O) groups is 2. The number of hydrogen-bond acceptors (Lipinski definition) is 7. The number of thioether (sulfide) groups is 1. The van der Waals surface area contributed by atoms with Crippen molar-refractivity contribution in [2.24, 2.45) is 5.73 Å². The maximum atomic E-state index is 12.2. The summed E-state index contributed by atoms with van der Waals surface area (Å²) >= 11 is 1.53. The van der Waals surface area contributed by atoms with Crippen LogP contribution in [0.1, 0.15) is 12.0 Å². The largest absolute Gasteiger partial charge is 0.459 e. The van der Waals surface area contributed by atoms with Crippen molar-refractivity contribution in [2.75, 3.05) is 5.75 Å². The Morgan fingerprint density at radius 1 is 1.43 bits per heavy atom. The summed E-state index contributed by atoms with van der Waals surface area (Å²) in [7, 11) is 0. The fourth-order valence-electron chi connectivity index (χ4n) is 2.70. The van der Waals surface area contributed by atoms with E-state index in [1.165, 1.54) is 40.9 Å². The van der Waals surface area contributed by atoms with Gasteiger partial charge in [-0.05, 0) is 17.7 Å². The SMILES string of the molecule is N[C@H]1C[C@H]2SC[C@H](C(=O)OCc3ccc([N+](=O)[O-])cc3)N2C1=O. The van der Waals surface area contributed by atoms with Crippen LogP contribution in [0, 0.1) is 10.1 Å². The smallest absolute Gasteiger partial charge is 0.330 e. The number of rotatable bonds is 4. The van der Waals surface area contributed by atoms with Crippen LogP contribution in [0.5, 0.6) is 0 Å². The summed E-state index contributed by atoms with van der Waals surface area (Å²) in [6, 6.07) is 4.63. The van der Waals surface area contributed by atoms with E-state index in [4.69, 9.17) is 10.5 Å². The summed E-state index contributed by atoms with van der Waals surface area (Å²) in [5.74, 6) is -0.180. The van der Waals surface area contributed by atoms with Gasteiger partial charge in [-0.15, -0.1) is 11.8 Å². The molecule has 1 amide bonds. The molecule has 1 aromatic carbocycles. The Labute approximate surface area is 136 Å². The van der Waals surface area contributed by atoms with Crippen molar-refractivity contribution in [3.63, 3.8) is 0 Å². The third-order valence-electron chi connectivity index (χ3n) is 3.92. The minimum atomic E-state index is -0.607. The van der Waals surface area contributed by atoms with Crippen molar-refractivity contribution < 1.29 is 19.2 Å². The van der Waals surface area contributed by atoms with E-state index in [9.17, 15) is 19.7 Å². The molecule has 0 radical (unpaired) electrons. The maximum absolute atomic E-state index is 12.2. The van der Waals surface area contributed by atoms with Crippen LogP contribution in [0.25, 0.3) is 0 Å². The van der Waals surface area contributed by atoms with Crippen molar-refractivity contribution >= 4 is 29.3 Å². The molecule has 3 atom stereocenters. The van der Waals surface area contributed by atoms with Gasteiger partial charge in [-0.2, -0.15) is 0 Å². The number of nitrogens with two attached hydrogens (primary N) is 1. The molecule has 0 bridgehead atoms. The van der Waals surface area contributed by atoms with E-state index in [0.717, 1.165) is 0 Å². The predicted octanol–water partition coefficient (Wildman–Crippen LogP) is 0.639. The van der Waals surface area contributed by atoms with Crippen LogP contribution in [0.4, 0.5) is 5.69 Å². The second-order valence-electron chi connectivity index (χ2n) is 5.42. The number of fused-ring (bicyclic) bond motifs is 1. The Bertz CT molecular complexity index is 650. The molecule has 122 valence electrons. The van der Waals surface area contributed by atoms with Crippen LogP contribution in [-0.4, -0.2) is 44.9 Å². The molecule has 2 N–H and O–H groups in total. The van der Waals surface area contributed by atoms with Crippen molar-refractivity contribution in [1.82, 2.24) is 4.90 Å². The molecule has 0 aliphatic carbocycles. The Hall–Kier alpha value is -2.13. The molecule has 23 heavy (non-hydrogen) atoms. The average molecular weight is 337 g/mol. The quantitative estimate of drug-likeness (QED) is 0.487. The molecule has 2 saturated heterocycles. The van der Waals surface area contributed by atoms with E-state index in [2.05, 4.69) is 0 Å². The minimum absolute atomic E-state index is 0.0107. The van der Waals surface area contributed by atoms with E-state index < -0.39 is 23.0 Å². The van der Waals surface area contributed by atoms with Gasteiger partial charge in [0.15, 0.2) is 0 Å². The van der Waals surface area contributed by atoms with Crippen LogP contribution >= 0.6 is 11.8 Å². The van der Waals surface area contributed by atoms with Gasteiger partial charge < -0.3 is 15.4 Å². The summed E-state index contributed by atoms with van der Waals surface area (Å²) in [6.45, 7) is 0.0107. The number of benzene rings is 1. The number of hydrogen-bond donors (Lipinski definition) is 1. The topological polar surface area (TPSA) is 116 Å². The Balaban J connectivity index is 1.59. The fraction of sp³-hybridized carbons (Fsp3) is 0.429. The molecule has 2 aliphatic heterocycles. The van der Waals surface area contributed by atoms with E-state index >= 15 is 0 Å². The van der Waals surface area contributed by atoms with Crippen LogP contribution in [0.3, 0.4) is 0 Å². The summed E-state index contributed by atoms with van der Waals surface area (Å²) in [4.78, 5) is 35.8. The molecular weight excluding hydrogens is 322 g/mol. The first kappa shape index (κ1) is 15.8. The molecule has 9 heteroatoms. The minimum Gasteiger partial charge on any atom is -0.459 e. The van der Waals surface area contributed by atoms with E-state index in [1.807, 2.05) is 0 Å². The molecular formula is C14H15N3O5S. The van der Waals surface area contributed by atoms with Crippen LogP contribution in [0.15, 0.2) is 24.3 Å². The van der Waals surface area contributed by atoms with Gasteiger partial charge in [0.2, 0.25) is 5.91 Å². The lowest BCUT2D eigenvalue weighted by atomic mass is 10.2. The highest BCUT2D eigenvalue weighted by Crippen LogP contribution is 2.37. The monoisotopic (exact) mass is 337 g/mol. The van der Waals surface area contributed by atoms with Crippen molar-refractivity contribution in [1.29, 1.82) is 0 Å². The average Bonchev–Trinajstić information content (AvgIpc) is 3.06. The van der Waals surface area contributed by atoms with Gasteiger partial charge in [0.1, 0.15) is 12.6 Å². The Morgan fingerprint density at radius 3 is 2.78 bits per heavy atom. The summed E-state index contributed by atoms with van der Waals surface area (Å²) in [6.07, 6.45) is 0.551. The Kier molecular flexibility index (Phi) is 4.22. The second kappa shape index (κ2) is 6.17. The third-order valence-corrected chi connectivity index (χ3v) is 5.23. The number of nitro benzene ring substituents is 1. The van der Waals surface area contributed by atoms with Crippen LogP contribution in [0.2, 0.25) is 0 Å². The standard InChI is InChI=1S/C14H15N3O5S/c15-10-5-12-16(13(10)18)11(7-23-12)14(19)22-6-8-1-3-9(4-2-8)17(20)21/h1-4,10-12H,5-7,15H2/t10-,11+,12+/m0/s1. The van der Waals surface area contributed by atoms with Crippen molar-refractivity contribution in [3.05, 3.63) is 39.9 Å². The number of ether oxygens (including phenoxy) is 1. The highest BCUT2D eigenvalue weighted by molar-refractivity contribution is 8.00. The van der Waals surface area contributed by atoms with Crippen LogP contribution < -0.4 is 5.73 Å². The number of esters is 1. The highest BCUT2D eigenvalue weighted by Gasteiger charge is 2.49. The number of nitro groups is 1. The molecule has 2 aliphatic rings. The lowest BCUT2D eigenvalue weighted by molar-refractivity contribution is -0.384. The zero-order valence-corrected chi connectivity index (χ0v) is 12.9. The van der Waals surface area contributed by atoms with Gasteiger partial charge in [-0.1, -0.05) is 0 Å². The lowest BCUT2D eigenvalue weighted by Gasteiger charge is -2.21. The third kappa shape index (κ3) is 3.02. The van der Waals surface area contributed by atoms with E-state index in [0.29, 0.717) is 17.7 Å². The molecule has 1 aromatic rings. The molecule has 3 rings (SSSR count). The first-order valence-corrected chi connectivity index (χ1v) is 8.11. The van der Waals surface area contributed by atoms with Gasteiger partial charge in [0, 0.05) is 24.3 Å². The summed E-state index contributed by atoms with van der Waals surface area (Å²) in [5.41, 5.74) is 6.35. The maximum Gasteiger partial charge on any atom is 0.330 e. The zero-order chi connectivity index (χ0) is 16.6. The zero-order valence-electron chi connectivity index (χ0n) is 12.1.